The molecular formula is C21H29N3OS. The fourth-order valence-corrected chi connectivity index (χ4v) is 4.52. The molecule has 1 aromatic heterocycles. The zero-order valence-corrected chi connectivity index (χ0v) is 17.0. The number of thiazole rings is 1. The van der Waals surface area contributed by atoms with E-state index in [0.717, 1.165) is 31.5 Å². The van der Waals surface area contributed by atoms with Crippen molar-refractivity contribution in [2.24, 2.45) is 5.92 Å². The van der Waals surface area contributed by atoms with Crippen molar-refractivity contribution in [1.29, 1.82) is 0 Å². The minimum Gasteiger partial charge on any atom is -0.348 e. The van der Waals surface area contributed by atoms with Gasteiger partial charge in [0.25, 0.3) is 0 Å². The van der Waals surface area contributed by atoms with Crippen molar-refractivity contribution in [2.45, 2.75) is 52.1 Å². The highest BCUT2D eigenvalue weighted by atomic mass is 32.1. The molecular weight excluding hydrogens is 342 g/mol. The molecule has 0 spiro atoms. The third kappa shape index (κ3) is 4.33. The molecule has 1 amide bonds. The number of hydrogen-bond acceptors (Lipinski definition) is 4. The van der Waals surface area contributed by atoms with Gasteiger partial charge in [-0.05, 0) is 56.8 Å². The predicted octanol–water partition coefficient (Wildman–Crippen LogP) is 4.42. The highest BCUT2D eigenvalue weighted by Crippen LogP contribution is 2.30. The van der Waals surface area contributed by atoms with Crippen molar-refractivity contribution in [2.75, 3.05) is 13.6 Å². The summed E-state index contributed by atoms with van der Waals surface area (Å²) in [5, 5.41) is 3.31. The summed E-state index contributed by atoms with van der Waals surface area (Å²) in [6.45, 7) is 7.46. The molecule has 1 saturated heterocycles. The van der Waals surface area contributed by atoms with Crippen LogP contribution in [0.15, 0.2) is 29.8 Å². The van der Waals surface area contributed by atoms with Crippen LogP contribution < -0.4 is 5.32 Å². The maximum Gasteiger partial charge on any atom is 0.237 e. The summed E-state index contributed by atoms with van der Waals surface area (Å²) in [4.78, 5) is 20.5. The fraction of sp³-hybridized carbons (Fsp3) is 0.524. The molecule has 4 nitrogen and oxygen atoms in total. The van der Waals surface area contributed by atoms with Crippen LogP contribution in [-0.2, 0) is 4.79 Å². The van der Waals surface area contributed by atoms with Gasteiger partial charge in [0, 0.05) is 0 Å². The van der Waals surface area contributed by atoms with Gasteiger partial charge in [0.2, 0.25) is 5.91 Å². The Bertz CT molecular complexity index is 738. The molecule has 26 heavy (non-hydrogen) atoms. The van der Waals surface area contributed by atoms with Crippen LogP contribution in [0.3, 0.4) is 0 Å². The van der Waals surface area contributed by atoms with E-state index in [1.165, 1.54) is 16.0 Å². The van der Waals surface area contributed by atoms with Gasteiger partial charge in [-0.2, -0.15) is 0 Å². The van der Waals surface area contributed by atoms with Gasteiger partial charge in [-0.3, -0.25) is 9.69 Å². The molecule has 140 valence electrons. The maximum absolute atomic E-state index is 12.8. The number of amides is 1. The molecule has 1 aliphatic rings. The summed E-state index contributed by atoms with van der Waals surface area (Å²) in [5.74, 6) is 0.683. The molecule has 0 saturated carbocycles. The molecule has 1 N–H and O–H groups in total. The number of benzene rings is 1. The van der Waals surface area contributed by atoms with E-state index in [2.05, 4.69) is 53.3 Å². The molecule has 0 bridgehead atoms. The van der Waals surface area contributed by atoms with Crippen LogP contribution in [0.25, 0.3) is 10.4 Å². The molecule has 2 atom stereocenters. The van der Waals surface area contributed by atoms with Crippen LogP contribution in [-0.4, -0.2) is 35.4 Å². The lowest BCUT2D eigenvalue weighted by molar-refractivity contribution is -0.125. The van der Waals surface area contributed by atoms with Crippen molar-refractivity contribution in [3.8, 4) is 10.4 Å². The van der Waals surface area contributed by atoms with Crippen molar-refractivity contribution in [1.82, 2.24) is 15.2 Å². The molecule has 0 aliphatic carbocycles. The second-order valence-electron chi connectivity index (χ2n) is 7.72. The van der Waals surface area contributed by atoms with Gasteiger partial charge in [0.15, 0.2) is 0 Å². The number of carbonyl (C=O) groups is 1. The van der Waals surface area contributed by atoms with Crippen molar-refractivity contribution in [3.05, 3.63) is 41.0 Å². The second kappa shape index (κ2) is 8.31. The SMILES string of the molecule is Cc1ncsc1-c1ccc(C(CC(C)C)NC(=O)C2CCCN2C)cc1. The topological polar surface area (TPSA) is 45.2 Å². The third-order valence-electron chi connectivity index (χ3n) is 5.17. The molecule has 1 aromatic carbocycles. The Morgan fingerprint density at radius 1 is 1.35 bits per heavy atom. The summed E-state index contributed by atoms with van der Waals surface area (Å²) in [7, 11) is 2.04. The lowest BCUT2D eigenvalue weighted by Crippen LogP contribution is -2.43. The summed E-state index contributed by atoms with van der Waals surface area (Å²) >= 11 is 1.67. The Morgan fingerprint density at radius 2 is 2.08 bits per heavy atom. The summed E-state index contributed by atoms with van der Waals surface area (Å²) in [6.07, 6.45) is 3.01. The summed E-state index contributed by atoms with van der Waals surface area (Å²) in [5.41, 5.74) is 5.33. The number of aryl methyl sites for hydroxylation is 1. The van der Waals surface area contributed by atoms with E-state index >= 15 is 0 Å². The quantitative estimate of drug-likeness (QED) is 0.818. The number of hydrogen-bond donors (Lipinski definition) is 1. The lowest BCUT2D eigenvalue weighted by Gasteiger charge is -2.25. The number of rotatable bonds is 6. The Kier molecular flexibility index (Phi) is 6.09. The monoisotopic (exact) mass is 371 g/mol. The number of nitrogens with zero attached hydrogens (tertiary/aromatic N) is 2. The van der Waals surface area contributed by atoms with Crippen molar-refractivity contribution < 1.29 is 4.79 Å². The van der Waals surface area contributed by atoms with Gasteiger partial charge in [0.1, 0.15) is 0 Å². The number of nitrogens with one attached hydrogen (secondary N) is 1. The van der Waals surface area contributed by atoms with E-state index in [9.17, 15) is 4.79 Å². The molecule has 2 aromatic rings. The average Bonchev–Trinajstić information content (AvgIpc) is 3.22. The van der Waals surface area contributed by atoms with Gasteiger partial charge < -0.3 is 5.32 Å². The Morgan fingerprint density at radius 3 is 2.62 bits per heavy atom. The van der Waals surface area contributed by atoms with Gasteiger partial charge >= 0.3 is 0 Å². The number of aromatic nitrogens is 1. The summed E-state index contributed by atoms with van der Waals surface area (Å²) < 4.78 is 0. The van der Waals surface area contributed by atoms with E-state index in [1.54, 1.807) is 11.3 Å². The van der Waals surface area contributed by atoms with Crippen LogP contribution in [0.1, 0.15) is 50.4 Å². The minimum absolute atomic E-state index is 0.0174. The van der Waals surface area contributed by atoms with Gasteiger partial charge in [0.05, 0.1) is 28.2 Å². The highest BCUT2D eigenvalue weighted by Gasteiger charge is 2.29. The predicted molar refractivity (Wildman–Crippen MR) is 108 cm³/mol. The van der Waals surface area contributed by atoms with E-state index in [1.807, 2.05) is 19.5 Å². The lowest BCUT2D eigenvalue weighted by atomic mass is 9.95. The molecule has 2 unspecified atom stereocenters. The van der Waals surface area contributed by atoms with E-state index < -0.39 is 0 Å². The van der Waals surface area contributed by atoms with E-state index in [0.29, 0.717) is 5.92 Å². The number of carbonyl (C=O) groups excluding carboxylic acids is 1. The molecule has 3 rings (SSSR count). The first kappa shape index (κ1) is 19.1. The molecule has 2 heterocycles. The largest absolute Gasteiger partial charge is 0.348 e. The number of likely N-dealkylation sites (N-methyl/N-ethyl adjacent to an activating group) is 1. The van der Waals surface area contributed by atoms with Gasteiger partial charge in [-0.15, -0.1) is 11.3 Å². The average molecular weight is 372 g/mol. The summed E-state index contributed by atoms with van der Waals surface area (Å²) in [6, 6.07) is 8.69. The van der Waals surface area contributed by atoms with Crippen LogP contribution in [0.4, 0.5) is 0 Å². The molecule has 0 radical (unpaired) electrons. The van der Waals surface area contributed by atoms with Gasteiger partial charge in [-0.1, -0.05) is 38.1 Å². The van der Waals surface area contributed by atoms with Gasteiger partial charge in [-0.25, -0.2) is 4.98 Å². The van der Waals surface area contributed by atoms with Crippen molar-refractivity contribution >= 4 is 17.2 Å². The standard InChI is InChI=1S/C21H29N3OS/c1-14(2)12-18(23-21(25)19-6-5-11-24(19)4)16-7-9-17(10-8-16)20-15(3)22-13-26-20/h7-10,13-14,18-19H,5-6,11-12H2,1-4H3,(H,23,25). The number of likely N-dealkylation sites (tertiary alicyclic amines) is 1. The first-order valence-corrected chi connectivity index (χ1v) is 10.3. The fourth-order valence-electron chi connectivity index (χ4n) is 3.70. The normalized spacial score (nSPS) is 19.0. The molecule has 1 aliphatic heterocycles. The highest BCUT2D eigenvalue weighted by molar-refractivity contribution is 7.13. The molecule has 5 heteroatoms. The smallest absolute Gasteiger partial charge is 0.237 e. The minimum atomic E-state index is 0.0174. The second-order valence-corrected chi connectivity index (χ2v) is 8.57. The van der Waals surface area contributed by atoms with E-state index in [-0.39, 0.29) is 18.0 Å². The third-order valence-corrected chi connectivity index (χ3v) is 6.15. The van der Waals surface area contributed by atoms with Crippen LogP contribution >= 0.6 is 11.3 Å². The zero-order valence-electron chi connectivity index (χ0n) is 16.2. The molecule has 1 fully saturated rings. The van der Waals surface area contributed by atoms with Crippen molar-refractivity contribution in [3.63, 3.8) is 0 Å². The first-order chi connectivity index (χ1) is 12.5. The maximum atomic E-state index is 12.8. The van der Waals surface area contributed by atoms with Crippen LogP contribution in [0, 0.1) is 12.8 Å². The zero-order chi connectivity index (χ0) is 18.7. The van der Waals surface area contributed by atoms with E-state index in [4.69, 9.17) is 0 Å². The Labute approximate surface area is 160 Å². The Hall–Kier alpha value is -1.72. The van der Waals surface area contributed by atoms with Crippen LogP contribution in [0.2, 0.25) is 0 Å². The van der Waals surface area contributed by atoms with Crippen LogP contribution in [0.5, 0.6) is 0 Å². The Balaban J connectivity index is 1.76. The first-order valence-electron chi connectivity index (χ1n) is 9.46.